The molecule has 24 heavy (non-hydrogen) atoms. The maximum absolute atomic E-state index is 12.8. The number of nitrogens with one attached hydrogen (secondary N) is 2. The standard InChI is InChI=1S/C16H26N2O4S.ClH/c1-12-8-13(2)15(14(9-12)22-4)23(19,20)18-10-16(11-21-3)6-5-7-17-16;/h8-9,17-18H,5-7,10-11H2,1-4H3;1H. The molecule has 0 aliphatic carbocycles. The van der Waals surface area contributed by atoms with Gasteiger partial charge < -0.3 is 14.8 Å². The molecule has 138 valence electrons. The first-order valence-electron chi connectivity index (χ1n) is 7.72. The Bertz CT molecular complexity index is 658. The maximum Gasteiger partial charge on any atom is 0.244 e. The van der Waals surface area contributed by atoms with Crippen LogP contribution in [-0.4, -0.2) is 47.9 Å². The van der Waals surface area contributed by atoms with Crippen molar-refractivity contribution in [2.24, 2.45) is 0 Å². The highest BCUT2D eigenvalue weighted by molar-refractivity contribution is 7.89. The van der Waals surface area contributed by atoms with E-state index in [1.807, 2.05) is 13.0 Å². The van der Waals surface area contributed by atoms with Crippen molar-refractivity contribution in [2.45, 2.75) is 37.1 Å². The van der Waals surface area contributed by atoms with Crippen LogP contribution < -0.4 is 14.8 Å². The van der Waals surface area contributed by atoms with E-state index >= 15 is 0 Å². The van der Waals surface area contributed by atoms with Gasteiger partial charge in [-0.1, -0.05) is 6.07 Å². The summed E-state index contributed by atoms with van der Waals surface area (Å²) < 4.78 is 38.8. The number of hydrogen-bond donors (Lipinski definition) is 2. The Hall–Kier alpha value is -0.860. The molecular weight excluding hydrogens is 352 g/mol. The van der Waals surface area contributed by atoms with Crippen LogP contribution in [0.5, 0.6) is 5.75 Å². The van der Waals surface area contributed by atoms with Crippen LogP contribution in [0.3, 0.4) is 0 Å². The number of hydrogen-bond acceptors (Lipinski definition) is 5. The van der Waals surface area contributed by atoms with E-state index in [0.29, 0.717) is 24.5 Å². The van der Waals surface area contributed by atoms with E-state index in [1.165, 1.54) is 7.11 Å². The van der Waals surface area contributed by atoms with E-state index in [4.69, 9.17) is 9.47 Å². The molecule has 0 saturated carbocycles. The average molecular weight is 379 g/mol. The SMILES string of the molecule is COCC1(CNS(=O)(=O)c2c(C)cc(C)cc2OC)CCCN1.Cl. The van der Waals surface area contributed by atoms with Crippen molar-refractivity contribution < 1.29 is 17.9 Å². The molecule has 2 rings (SSSR count). The highest BCUT2D eigenvalue weighted by Gasteiger charge is 2.35. The molecule has 1 aliphatic heterocycles. The molecule has 1 aliphatic rings. The number of halogens is 1. The third-order valence-corrected chi connectivity index (χ3v) is 5.81. The van der Waals surface area contributed by atoms with E-state index in [-0.39, 0.29) is 22.8 Å². The summed E-state index contributed by atoms with van der Waals surface area (Å²) in [5.41, 5.74) is 1.30. The lowest BCUT2D eigenvalue weighted by molar-refractivity contribution is 0.122. The molecule has 8 heteroatoms. The number of aryl methyl sites for hydroxylation is 2. The Kier molecular flexibility index (Phi) is 7.49. The van der Waals surface area contributed by atoms with Gasteiger partial charge >= 0.3 is 0 Å². The summed E-state index contributed by atoms with van der Waals surface area (Å²) in [6, 6.07) is 3.58. The van der Waals surface area contributed by atoms with Crippen LogP contribution in [0.25, 0.3) is 0 Å². The molecule has 0 radical (unpaired) electrons. The Morgan fingerprint density at radius 1 is 1.29 bits per heavy atom. The second-order valence-corrected chi connectivity index (χ2v) is 7.89. The number of sulfonamides is 1. The zero-order valence-corrected chi connectivity index (χ0v) is 16.3. The van der Waals surface area contributed by atoms with Crippen molar-refractivity contribution in [1.29, 1.82) is 0 Å². The molecule has 1 aromatic carbocycles. The normalized spacial score (nSPS) is 20.7. The minimum absolute atomic E-state index is 0. The van der Waals surface area contributed by atoms with E-state index in [1.54, 1.807) is 20.1 Å². The van der Waals surface area contributed by atoms with Crippen molar-refractivity contribution in [3.8, 4) is 5.75 Å². The van der Waals surface area contributed by atoms with Crippen LogP contribution in [-0.2, 0) is 14.8 Å². The Morgan fingerprint density at radius 3 is 2.54 bits per heavy atom. The van der Waals surface area contributed by atoms with Gasteiger partial charge in [0.1, 0.15) is 10.6 Å². The lowest BCUT2D eigenvalue weighted by Gasteiger charge is -2.29. The Balaban J connectivity index is 0.00000288. The zero-order valence-electron chi connectivity index (χ0n) is 14.6. The first kappa shape index (κ1) is 21.2. The highest BCUT2D eigenvalue weighted by Crippen LogP contribution is 2.29. The molecule has 0 aromatic heterocycles. The quantitative estimate of drug-likeness (QED) is 0.756. The predicted octanol–water partition coefficient (Wildman–Crippen LogP) is 1.78. The molecule has 0 bridgehead atoms. The molecule has 1 fully saturated rings. The van der Waals surface area contributed by atoms with E-state index in [0.717, 1.165) is 24.9 Å². The average Bonchev–Trinajstić information content (AvgIpc) is 2.93. The fraction of sp³-hybridized carbons (Fsp3) is 0.625. The zero-order chi connectivity index (χ0) is 17.1. The van der Waals surface area contributed by atoms with Crippen molar-refractivity contribution >= 4 is 22.4 Å². The van der Waals surface area contributed by atoms with Crippen LogP contribution in [0.4, 0.5) is 0 Å². The molecule has 1 aromatic rings. The van der Waals surface area contributed by atoms with Gasteiger partial charge in [0.15, 0.2) is 0 Å². The lowest BCUT2D eigenvalue weighted by Crippen LogP contribution is -2.52. The van der Waals surface area contributed by atoms with Gasteiger partial charge in [-0.25, -0.2) is 13.1 Å². The molecule has 0 spiro atoms. The third-order valence-electron chi connectivity index (χ3n) is 4.23. The number of rotatable bonds is 7. The van der Waals surface area contributed by atoms with Gasteiger partial charge in [0.25, 0.3) is 0 Å². The molecule has 1 atom stereocenters. The van der Waals surface area contributed by atoms with Crippen molar-refractivity contribution in [2.75, 3.05) is 33.9 Å². The van der Waals surface area contributed by atoms with Crippen LogP contribution in [0, 0.1) is 13.8 Å². The van der Waals surface area contributed by atoms with Gasteiger partial charge in [-0.3, -0.25) is 0 Å². The molecular formula is C16H27ClN2O4S. The molecule has 1 saturated heterocycles. The van der Waals surface area contributed by atoms with E-state index in [9.17, 15) is 8.42 Å². The van der Waals surface area contributed by atoms with Crippen LogP contribution in [0.1, 0.15) is 24.0 Å². The van der Waals surface area contributed by atoms with Gasteiger partial charge in [-0.2, -0.15) is 0 Å². The summed E-state index contributed by atoms with van der Waals surface area (Å²) in [4.78, 5) is 0.205. The summed E-state index contributed by atoms with van der Waals surface area (Å²) in [5.74, 6) is 0.371. The summed E-state index contributed by atoms with van der Waals surface area (Å²) in [6.07, 6.45) is 1.89. The molecule has 1 heterocycles. The number of methoxy groups -OCH3 is 2. The van der Waals surface area contributed by atoms with Crippen LogP contribution in [0.2, 0.25) is 0 Å². The van der Waals surface area contributed by atoms with Gasteiger partial charge in [-0.15, -0.1) is 12.4 Å². The van der Waals surface area contributed by atoms with Gasteiger partial charge in [-0.05, 0) is 50.4 Å². The van der Waals surface area contributed by atoms with E-state index < -0.39 is 10.0 Å². The van der Waals surface area contributed by atoms with E-state index in [2.05, 4.69) is 10.0 Å². The fourth-order valence-electron chi connectivity index (χ4n) is 3.19. The minimum atomic E-state index is -3.66. The third kappa shape index (κ3) is 4.61. The second kappa shape index (κ2) is 8.49. The summed E-state index contributed by atoms with van der Waals surface area (Å²) in [6.45, 7) is 5.33. The first-order valence-corrected chi connectivity index (χ1v) is 9.21. The largest absolute Gasteiger partial charge is 0.495 e. The maximum atomic E-state index is 12.8. The highest BCUT2D eigenvalue weighted by atomic mass is 35.5. The number of ether oxygens (including phenoxy) is 2. The molecule has 2 N–H and O–H groups in total. The monoisotopic (exact) mass is 378 g/mol. The lowest BCUT2D eigenvalue weighted by atomic mass is 9.99. The van der Waals surface area contributed by atoms with Crippen molar-refractivity contribution in [3.63, 3.8) is 0 Å². The Morgan fingerprint density at radius 2 is 2.00 bits per heavy atom. The van der Waals surface area contributed by atoms with Gasteiger partial charge in [0, 0.05) is 13.7 Å². The summed E-state index contributed by atoms with van der Waals surface area (Å²) in [7, 11) is -0.552. The molecule has 1 unspecified atom stereocenters. The minimum Gasteiger partial charge on any atom is -0.495 e. The molecule has 0 amide bonds. The van der Waals surface area contributed by atoms with Gasteiger partial charge in [0.2, 0.25) is 10.0 Å². The molecule has 6 nitrogen and oxygen atoms in total. The van der Waals surface area contributed by atoms with Crippen molar-refractivity contribution in [3.05, 3.63) is 23.3 Å². The number of benzene rings is 1. The predicted molar refractivity (Wildman–Crippen MR) is 96.7 cm³/mol. The topological polar surface area (TPSA) is 76.7 Å². The van der Waals surface area contributed by atoms with Crippen LogP contribution >= 0.6 is 12.4 Å². The van der Waals surface area contributed by atoms with Crippen LogP contribution in [0.15, 0.2) is 17.0 Å². The van der Waals surface area contributed by atoms with Crippen molar-refractivity contribution in [1.82, 2.24) is 10.0 Å². The van der Waals surface area contributed by atoms with Gasteiger partial charge in [0.05, 0.1) is 19.3 Å². The second-order valence-electron chi connectivity index (χ2n) is 6.18. The Labute approximate surface area is 150 Å². The smallest absolute Gasteiger partial charge is 0.244 e. The first-order chi connectivity index (χ1) is 10.8. The summed E-state index contributed by atoms with van der Waals surface area (Å²) >= 11 is 0. The fourth-order valence-corrected chi connectivity index (χ4v) is 4.69. The summed E-state index contributed by atoms with van der Waals surface area (Å²) in [5, 5.41) is 3.36.